The molecule has 1 aliphatic heterocycles. The van der Waals surface area contributed by atoms with Gasteiger partial charge >= 0.3 is 0 Å². The van der Waals surface area contributed by atoms with Gasteiger partial charge in [0.2, 0.25) is 0 Å². The van der Waals surface area contributed by atoms with Crippen LogP contribution in [0, 0.1) is 6.92 Å². The Morgan fingerprint density at radius 2 is 2.00 bits per heavy atom. The predicted molar refractivity (Wildman–Crippen MR) is 68.9 cm³/mol. The minimum absolute atomic E-state index is 1.08. The van der Waals surface area contributed by atoms with Gasteiger partial charge in [0.25, 0.3) is 0 Å². The monoisotopic (exact) mass is 206 g/mol. The summed E-state index contributed by atoms with van der Waals surface area (Å²) in [6, 6.07) is 6.59. The van der Waals surface area contributed by atoms with Crippen molar-refractivity contribution in [2.24, 2.45) is 0 Å². The van der Waals surface area contributed by atoms with E-state index in [2.05, 4.69) is 42.4 Å². The van der Waals surface area contributed by atoms with E-state index in [-0.39, 0.29) is 0 Å². The molecule has 15 heavy (non-hydrogen) atoms. The zero-order valence-corrected chi connectivity index (χ0v) is 10.3. The molecule has 2 rings (SSSR count). The minimum atomic E-state index is 1.08. The standard InChI is InChI=1S/C11H16N2.C2H6/c1-9-4-5-11-10(8-9)12-6-3-7-13(11)2;1-2/h4-5,8,12H,3,6-7H2,1-2H3;1-2H3. The van der Waals surface area contributed by atoms with Gasteiger partial charge < -0.3 is 10.2 Å². The normalized spacial score (nSPS) is 14.3. The third-order valence-electron chi connectivity index (χ3n) is 2.55. The van der Waals surface area contributed by atoms with E-state index in [1.54, 1.807) is 0 Å². The van der Waals surface area contributed by atoms with E-state index in [0.717, 1.165) is 13.1 Å². The maximum absolute atomic E-state index is 3.45. The van der Waals surface area contributed by atoms with Crippen LogP contribution >= 0.6 is 0 Å². The first-order valence-electron chi connectivity index (χ1n) is 5.83. The summed E-state index contributed by atoms with van der Waals surface area (Å²) in [6.45, 7) is 8.36. The van der Waals surface area contributed by atoms with Crippen LogP contribution in [0.3, 0.4) is 0 Å². The van der Waals surface area contributed by atoms with Crippen molar-refractivity contribution in [3.8, 4) is 0 Å². The van der Waals surface area contributed by atoms with E-state index in [9.17, 15) is 0 Å². The molecule has 0 fully saturated rings. The molecular formula is C13H22N2. The van der Waals surface area contributed by atoms with Crippen LogP contribution in [-0.4, -0.2) is 20.1 Å². The third kappa shape index (κ3) is 2.88. The molecule has 0 saturated heterocycles. The molecule has 2 nitrogen and oxygen atoms in total. The molecule has 1 aromatic carbocycles. The zero-order chi connectivity index (χ0) is 11.3. The first-order chi connectivity index (χ1) is 7.27. The van der Waals surface area contributed by atoms with Crippen LogP contribution in [0.15, 0.2) is 18.2 Å². The van der Waals surface area contributed by atoms with Gasteiger partial charge in [0.05, 0.1) is 11.4 Å². The molecule has 0 saturated carbocycles. The number of benzene rings is 1. The zero-order valence-electron chi connectivity index (χ0n) is 10.3. The molecule has 0 spiro atoms. The Hall–Kier alpha value is -1.18. The van der Waals surface area contributed by atoms with Gasteiger partial charge in [-0.15, -0.1) is 0 Å². The molecule has 0 radical (unpaired) electrons. The van der Waals surface area contributed by atoms with Crippen LogP contribution in [0.1, 0.15) is 25.8 Å². The molecular weight excluding hydrogens is 184 g/mol. The Morgan fingerprint density at radius 3 is 2.73 bits per heavy atom. The molecule has 0 amide bonds. The van der Waals surface area contributed by atoms with E-state index < -0.39 is 0 Å². The summed E-state index contributed by atoms with van der Waals surface area (Å²) < 4.78 is 0. The average molecular weight is 206 g/mol. The summed E-state index contributed by atoms with van der Waals surface area (Å²) in [6.07, 6.45) is 1.21. The van der Waals surface area contributed by atoms with Crippen molar-refractivity contribution in [1.82, 2.24) is 0 Å². The maximum atomic E-state index is 3.45. The lowest BCUT2D eigenvalue weighted by Gasteiger charge is -2.18. The number of nitrogens with one attached hydrogen (secondary N) is 1. The Bertz CT molecular complexity index is 307. The van der Waals surface area contributed by atoms with Gasteiger partial charge in [0.15, 0.2) is 0 Å². The van der Waals surface area contributed by atoms with Crippen LogP contribution in [0.2, 0.25) is 0 Å². The summed E-state index contributed by atoms with van der Waals surface area (Å²) in [5, 5.41) is 3.45. The van der Waals surface area contributed by atoms with E-state index in [4.69, 9.17) is 0 Å². The minimum Gasteiger partial charge on any atom is -0.383 e. The highest BCUT2D eigenvalue weighted by Crippen LogP contribution is 2.27. The van der Waals surface area contributed by atoms with Crippen LogP contribution in [0.5, 0.6) is 0 Å². The van der Waals surface area contributed by atoms with Gasteiger partial charge in [-0.1, -0.05) is 19.9 Å². The molecule has 2 heteroatoms. The number of rotatable bonds is 0. The molecule has 1 heterocycles. The van der Waals surface area contributed by atoms with Gasteiger partial charge in [-0.25, -0.2) is 0 Å². The van der Waals surface area contributed by atoms with Gasteiger partial charge in [-0.3, -0.25) is 0 Å². The molecule has 1 N–H and O–H groups in total. The molecule has 0 atom stereocenters. The van der Waals surface area contributed by atoms with E-state index >= 15 is 0 Å². The molecule has 1 aromatic rings. The van der Waals surface area contributed by atoms with Crippen LogP contribution in [0.25, 0.3) is 0 Å². The number of fused-ring (bicyclic) bond motifs is 1. The highest BCUT2D eigenvalue weighted by Gasteiger charge is 2.10. The van der Waals surface area contributed by atoms with Gasteiger partial charge in [0, 0.05) is 20.1 Å². The molecule has 0 aromatic heterocycles. The first-order valence-corrected chi connectivity index (χ1v) is 5.83. The summed E-state index contributed by atoms with van der Waals surface area (Å²) in [4.78, 5) is 2.31. The van der Waals surface area contributed by atoms with Gasteiger partial charge in [0.1, 0.15) is 0 Å². The molecule has 84 valence electrons. The maximum Gasteiger partial charge on any atom is 0.0599 e. The van der Waals surface area contributed by atoms with Crippen molar-refractivity contribution in [1.29, 1.82) is 0 Å². The largest absolute Gasteiger partial charge is 0.383 e. The summed E-state index contributed by atoms with van der Waals surface area (Å²) in [5.41, 5.74) is 3.92. The topological polar surface area (TPSA) is 15.3 Å². The van der Waals surface area contributed by atoms with Crippen molar-refractivity contribution in [3.05, 3.63) is 23.8 Å². The van der Waals surface area contributed by atoms with E-state index in [1.165, 1.54) is 23.4 Å². The van der Waals surface area contributed by atoms with Crippen LogP contribution < -0.4 is 10.2 Å². The van der Waals surface area contributed by atoms with Gasteiger partial charge in [-0.2, -0.15) is 0 Å². The average Bonchev–Trinajstić information content (AvgIpc) is 2.43. The van der Waals surface area contributed by atoms with E-state index in [1.807, 2.05) is 13.8 Å². The highest BCUT2D eigenvalue weighted by atomic mass is 15.1. The molecule has 0 unspecified atom stereocenters. The lowest BCUT2D eigenvalue weighted by Crippen LogP contribution is -2.17. The summed E-state index contributed by atoms with van der Waals surface area (Å²) in [7, 11) is 2.15. The second-order valence-corrected chi connectivity index (χ2v) is 3.72. The fraction of sp³-hybridized carbons (Fsp3) is 0.538. The van der Waals surface area contributed by atoms with Crippen LogP contribution in [-0.2, 0) is 0 Å². The molecule has 0 bridgehead atoms. The Labute approximate surface area is 93.3 Å². The predicted octanol–water partition coefficient (Wildman–Crippen LogP) is 3.27. The number of hydrogen-bond donors (Lipinski definition) is 1. The van der Waals surface area contributed by atoms with Crippen molar-refractivity contribution in [3.63, 3.8) is 0 Å². The van der Waals surface area contributed by atoms with Crippen molar-refractivity contribution >= 4 is 11.4 Å². The van der Waals surface area contributed by atoms with Crippen molar-refractivity contribution in [2.75, 3.05) is 30.4 Å². The number of nitrogens with zero attached hydrogens (tertiary/aromatic N) is 1. The Balaban J connectivity index is 0.000000531. The number of anilines is 2. The van der Waals surface area contributed by atoms with Crippen molar-refractivity contribution < 1.29 is 0 Å². The van der Waals surface area contributed by atoms with Crippen molar-refractivity contribution in [2.45, 2.75) is 27.2 Å². The SMILES string of the molecule is CC.Cc1ccc2c(c1)NCCCN2C. The number of aryl methyl sites for hydroxylation is 1. The lowest BCUT2D eigenvalue weighted by atomic mass is 10.2. The van der Waals surface area contributed by atoms with E-state index in [0.29, 0.717) is 0 Å². The first kappa shape index (κ1) is 11.9. The molecule has 1 aliphatic rings. The highest BCUT2D eigenvalue weighted by molar-refractivity contribution is 5.71. The lowest BCUT2D eigenvalue weighted by molar-refractivity contribution is 0.837. The second-order valence-electron chi connectivity index (χ2n) is 3.72. The number of hydrogen-bond acceptors (Lipinski definition) is 2. The third-order valence-corrected chi connectivity index (χ3v) is 2.55. The molecule has 0 aliphatic carbocycles. The smallest absolute Gasteiger partial charge is 0.0599 e. The Kier molecular flexibility index (Phi) is 4.47. The fourth-order valence-electron chi connectivity index (χ4n) is 1.78. The second kappa shape index (κ2) is 5.64. The Morgan fingerprint density at radius 1 is 1.27 bits per heavy atom. The fourth-order valence-corrected chi connectivity index (χ4v) is 1.78. The van der Waals surface area contributed by atoms with Crippen LogP contribution in [0.4, 0.5) is 11.4 Å². The quantitative estimate of drug-likeness (QED) is 0.701. The summed E-state index contributed by atoms with van der Waals surface area (Å²) >= 11 is 0. The summed E-state index contributed by atoms with van der Waals surface area (Å²) in [5.74, 6) is 0. The van der Waals surface area contributed by atoms with Gasteiger partial charge in [-0.05, 0) is 31.0 Å².